The first-order valence-corrected chi connectivity index (χ1v) is 6.22. The van der Waals surface area contributed by atoms with Crippen LogP contribution in [0.2, 0.25) is 0 Å². The second-order valence-corrected chi connectivity index (χ2v) is 4.98. The quantitative estimate of drug-likeness (QED) is 0.305. The van der Waals surface area contributed by atoms with Gasteiger partial charge in [-0.05, 0) is 12.8 Å². The fraction of sp³-hybridized carbons (Fsp3) is 0.500. The number of nitrogens with two attached hydrogens (primary N) is 1. The summed E-state index contributed by atoms with van der Waals surface area (Å²) < 4.78 is 0. The Morgan fingerprint density at radius 1 is 1.71 bits per heavy atom. The molecule has 0 aliphatic heterocycles. The number of amidine groups is 1. The highest BCUT2D eigenvalue weighted by molar-refractivity contribution is 7.09. The van der Waals surface area contributed by atoms with Crippen molar-refractivity contribution in [1.82, 2.24) is 10.3 Å². The van der Waals surface area contributed by atoms with Gasteiger partial charge < -0.3 is 16.3 Å². The van der Waals surface area contributed by atoms with Gasteiger partial charge >= 0.3 is 0 Å². The minimum Gasteiger partial charge on any atom is -0.409 e. The summed E-state index contributed by atoms with van der Waals surface area (Å²) in [5.74, 6) is -0.159. The van der Waals surface area contributed by atoms with Crippen LogP contribution in [0.25, 0.3) is 0 Å². The molecule has 1 aromatic heterocycles. The smallest absolute Gasteiger partial charge is 0.233 e. The van der Waals surface area contributed by atoms with E-state index in [1.165, 1.54) is 0 Å². The van der Waals surface area contributed by atoms with Gasteiger partial charge in [-0.1, -0.05) is 5.16 Å². The van der Waals surface area contributed by atoms with Crippen molar-refractivity contribution < 1.29 is 10.0 Å². The predicted octanol–water partition coefficient (Wildman–Crippen LogP) is 0.328. The number of rotatable bonds is 5. The first-order valence-electron chi connectivity index (χ1n) is 5.34. The molecular weight excluding hydrogens is 240 g/mol. The molecule has 0 saturated heterocycles. The monoisotopic (exact) mass is 254 g/mol. The average molecular weight is 254 g/mol. The van der Waals surface area contributed by atoms with Crippen molar-refractivity contribution in [1.29, 1.82) is 0 Å². The lowest BCUT2D eigenvalue weighted by Crippen LogP contribution is -2.41. The Labute approximate surface area is 103 Å². The normalized spacial score (nSPS) is 17.8. The highest BCUT2D eigenvalue weighted by Crippen LogP contribution is 2.45. The van der Waals surface area contributed by atoms with E-state index in [-0.39, 0.29) is 11.7 Å². The van der Waals surface area contributed by atoms with Gasteiger partial charge in [-0.25, -0.2) is 4.98 Å². The van der Waals surface area contributed by atoms with Crippen molar-refractivity contribution in [2.45, 2.75) is 19.3 Å². The molecular formula is C10H14N4O2S. The van der Waals surface area contributed by atoms with Gasteiger partial charge in [0.15, 0.2) is 5.84 Å². The zero-order chi connectivity index (χ0) is 12.3. The van der Waals surface area contributed by atoms with Crippen LogP contribution in [0, 0.1) is 5.41 Å². The Kier molecular flexibility index (Phi) is 3.28. The lowest BCUT2D eigenvalue weighted by atomic mass is 10.1. The SMILES string of the molecule is N/C(=N/O)C1(C(=O)NCCc2nccs2)CC1. The Hall–Kier alpha value is -1.63. The van der Waals surface area contributed by atoms with Gasteiger partial charge in [0.1, 0.15) is 5.41 Å². The van der Waals surface area contributed by atoms with E-state index in [4.69, 9.17) is 10.9 Å². The number of hydrogen-bond donors (Lipinski definition) is 3. The third kappa shape index (κ3) is 2.38. The molecule has 7 heteroatoms. The summed E-state index contributed by atoms with van der Waals surface area (Å²) in [5, 5.41) is 17.2. The maximum Gasteiger partial charge on any atom is 0.233 e. The van der Waals surface area contributed by atoms with Crippen LogP contribution in [0.15, 0.2) is 16.7 Å². The van der Waals surface area contributed by atoms with Crippen LogP contribution >= 0.6 is 11.3 Å². The first-order chi connectivity index (χ1) is 8.19. The van der Waals surface area contributed by atoms with E-state index in [9.17, 15) is 4.79 Å². The van der Waals surface area contributed by atoms with Crippen LogP contribution in [0.3, 0.4) is 0 Å². The number of amides is 1. The second-order valence-electron chi connectivity index (χ2n) is 4.00. The van der Waals surface area contributed by atoms with Gasteiger partial charge in [0, 0.05) is 24.5 Å². The Morgan fingerprint density at radius 3 is 3.00 bits per heavy atom. The molecule has 1 heterocycles. The summed E-state index contributed by atoms with van der Waals surface area (Å²) in [5.41, 5.74) is 4.74. The summed E-state index contributed by atoms with van der Waals surface area (Å²) in [6, 6.07) is 0. The van der Waals surface area contributed by atoms with Gasteiger partial charge in [-0.15, -0.1) is 11.3 Å². The highest BCUT2D eigenvalue weighted by atomic mass is 32.1. The molecule has 2 rings (SSSR count). The van der Waals surface area contributed by atoms with Crippen molar-refractivity contribution >= 4 is 23.1 Å². The molecule has 1 aliphatic rings. The molecule has 1 saturated carbocycles. The van der Waals surface area contributed by atoms with E-state index in [1.807, 2.05) is 5.38 Å². The van der Waals surface area contributed by atoms with Crippen LogP contribution < -0.4 is 11.1 Å². The summed E-state index contributed by atoms with van der Waals surface area (Å²) in [4.78, 5) is 16.0. The second kappa shape index (κ2) is 4.70. The van der Waals surface area contributed by atoms with Gasteiger partial charge in [0.2, 0.25) is 5.91 Å². The Morgan fingerprint density at radius 2 is 2.47 bits per heavy atom. The van der Waals surface area contributed by atoms with E-state index in [1.54, 1.807) is 17.5 Å². The van der Waals surface area contributed by atoms with Crippen LogP contribution in [0.1, 0.15) is 17.8 Å². The van der Waals surface area contributed by atoms with E-state index in [0.717, 1.165) is 5.01 Å². The molecule has 0 atom stereocenters. The number of carbonyl (C=O) groups is 1. The number of carbonyl (C=O) groups excluding carboxylic acids is 1. The van der Waals surface area contributed by atoms with E-state index >= 15 is 0 Å². The third-order valence-corrected chi connectivity index (χ3v) is 3.73. The number of oxime groups is 1. The molecule has 1 amide bonds. The van der Waals surface area contributed by atoms with Gasteiger partial charge in [-0.3, -0.25) is 4.79 Å². The predicted molar refractivity (Wildman–Crippen MR) is 63.9 cm³/mol. The molecule has 4 N–H and O–H groups in total. The minimum atomic E-state index is -0.766. The molecule has 0 radical (unpaired) electrons. The maximum absolute atomic E-state index is 11.9. The van der Waals surface area contributed by atoms with Crippen LogP contribution in [0.4, 0.5) is 0 Å². The van der Waals surface area contributed by atoms with Crippen molar-refractivity contribution in [2.75, 3.05) is 6.54 Å². The lowest BCUT2D eigenvalue weighted by molar-refractivity contribution is -0.124. The number of thiazole rings is 1. The topological polar surface area (TPSA) is 101 Å². The largest absolute Gasteiger partial charge is 0.409 e. The van der Waals surface area contributed by atoms with Crippen molar-refractivity contribution in [3.8, 4) is 0 Å². The lowest BCUT2D eigenvalue weighted by Gasteiger charge is -2.12. The molecule has 17 heavy (non-hydrogen) atoms. The summed E-state index contributed by atoms with van der Waals surface area (Å²) in [6.07, 6.45) is 3.73. The highest BCUT2D eigenvalue weighted by Gasteiger charge is 2.54. The molecule has 1 aromatic rings. The van der Waals surface area contributed by atoms with Crippen LogP contribution in [0.5, 0.6) is 0 Å². The molecule has 0 unspecified atom stereocenters. The molecule has 1 aliphatic carbocycles. The number of nitrogens with one attached hydrogen (secondary N) is 1. The maximum atomic E-state index is 11.9. The standard InChI is InChI=1S/C10H14N4O2S/c11-8(14-16)10(2-3-10)9(15)13-4-1-7-12-5-6-17-7/h5-6,16H,1-4H2,(H2,11,14)(H,13,15). The fourth-order valence-electron chi connectivity index (χ4n) is 1.65. The number of nitrogens with zero attached hydrogens (tertiary/aromatic N) is 2. The fourth-order valence-corrected chi connectivity index (χ4v) is 2.27. The van der Waals surface area contributed by atoms with Crippen LogP contribution in [-0.4, -0.2) is 28.5 Å². The molecule has 92 valence electrons. The summed E-state index contributed by atoms with van der Waals surface area (Å²) in [7, 11) is 0. The average Bonchev–Trinajstić information content (AvgIpc) is 3.00. The van der Waals surface area contributed by atoms with E-state index in [2.05, 4.69) is 15.5 Å². The van der Waals surface area contributed by atoms with Crippen molar-refractivity contribution in [2.24, 2.45) is 16.3 Å². The summed E-state index contributed by atoms with van der Waals surface area (Å²) in [6.45, 7) is 0.521. The number of aromatic nitrogens is 1. The van der Waals surface area contributed by atoms with Crippen molar-refractivity contribution in [3.05, 3.63) is 16.6 Å². The van der Waals surface area contributed by atoms with Gasteiger partial charge in [0.25, 0.3) is 0 Å². The molecule has 0 aromatic carbocycles. The Balaban J connectivity index is 1.82. The minimum absolute atomic E-state index is 0.00393. The van der Waals surface area contributed by atoms with E-state index in [0.29, 0.717) is 25.8 Å². The molecule has 1 fully saturated rings. The summed E-state index contributed by atoms with van der Waals surface area (Å²) >= 11 is 1.56. The van der Waals surface area contributed by atoms with Gasteiger partial charge in [-0.2, -0.15) is 0 Å². The Bertz CT molecular complexity index is 426. The molecule has 0 spiro atoms. The van der Waals surface area contributed by atoms with Crippen LogP contribution in [-0.2, 0) is 11.2 Å². The first kappa shape index (κ1) is 11.8. The number of hydrogen-bond acceptors (Lipinski definition) is 5. The molecule has 0 bridgehead atoms. The zero-order valence-electron chi connectivity index (χ0n) is 9.22. The zero-order valence-corrected chi connectivity index (χ0v) is 10.0. The van der Waals surface area contributed by atoms with Gasteiger partial charge in [0.05, 0.1) is 5.01 Å². The molecule has 6 nitrogen and oxygen atoms in total. The van der Waals surface area contributed by atoms with Crippen molar-refractivity contribution in [3.63, 3.8) is 0 Å². The third-order valence-electron chi connectivity index (χ3n) is 2.89. The van der Waals surface area contributed by atoms with E-state index < -0.39 is 5.41 Å².